The molecule has 0 aromatic heterocycles. The number of carbonyl (C=O) groups excluding carboxylic acids is 1. The van der Waals surface area contributed by atoms with Crippen LogP contribution in [0.5, 0.6) is 11.5 Å². The zero-order chi connectivity index (χ0) is 16.4. The number of hydrogen-bond acceptors (Lipinski definition) is 4. The minimum absolute atomic E-state index is 0.0854. The molecule has 0 aliphatic heterocycles. The first-order valence-corrected chi connectivity index (χ1v) is 8.39. The zero-order valence-electron chi connectivity index (χ0n) is 14.0. The van der Waals surface area contributed by atoms with Gasteiger partial charge in [0.1, 0.15) is 11.5 Å². The Bertz CT molecular complexity index is 571. The third kappa shape index (κ3) is 3.61. The lowest BCUT2D eigenvalue weighted by Gasteiger charge is -2.26. The Morgan fingerprint density at radius 3 is 2.57 bits per heavy atom. The minimum Gasteiger partial charge on any atom is -0.497 e. The molecule has 5 heteroatoms. The fourth-order valence-electron chi connectivity index (χ4n) is 3.44. The molecule has 0 unspecified atom stereocenters. The minimum atomic E-state index is 0.0854. The predicted octanol–water partition coefficient (Wildman–Crippen LogP) is 2.32. The van der Waals surface area contributed by atoms with Gasteiger partial charge in [-0.25, -0.2) is 0 Å². The van der Waals surface area contributed by atoms with E-state index in [2.05, 4.69) is 0 Å². The van der Waals surface area contributed by atoms with E-state index in [-0.39, 0.29) is 17.9 Å². The van der Waals surface area contributed by atoms with Crippen LogP contribution in [0.1, 0.15) is 37.7 Å². The molecule has 0 bridgehead atoms. The van der Waals surface area contributed by atoms with Crippen molar-refractivity contribution in [3.63, 3.8) is 0 Å². The summed E-state index contributed by atoms with van der Waals surface area (Å²) in [6, 6.07) is 6.28. The summed E-state index contributed by atoms with van der Waals surface area (Å²) in [7, 11) is 3.31. The van der Waals surface area contributed by atoms with Crippen molar-refractivity contribution in [3.05, 3.63) is 23.8 Å². The molecule has 2 aliphatic rings. The van der Waals surface area contributed by atoms with Gasteiger partial charge in [0, 0.05) is 30.1 Å². The summed E-state index contributed by atoms with van der Waals surface area (Å²) in [6.45, 7) is 0.579. The number of nitrogens with zero attached hydrogens (tertiary/aromatic N) is 1. The SMILES string of the molecule is COc1ccc(OC)c(CN(C(=O)[C@@H]2CC[C@@H](N)C2)C2CC2)c1. The van der Waals surface area contributed by atoms with E-state index in [0.29, 0.717) is 12.6 Å². The molecule has 1 aromatic carbocycles. The number of hydrogen-bond donors (Lipinski definition) is 1. The molecule has 0 heterocycles. The highest BCUT2D eigenvalue weighted by molar-refractivity contribution is 5.80. The number of carbonyl (C=O) groups is 1. The molecule has 0 spiro atoms. The van der Waals surface area contributed by atoms with Crippen molar-refractivity contribution in [2.75, 3.05) is 14.2 Å². The third-order valence-corrected chi connectivity index (χ3v) is 4.92. The molecule has 126 valence electrons. The molecule has 2 aliphatic carbocycles. The van der Waals surface area contributed by atoms with E-state index < -0.39 is 0 Å². The Morgan fingerprint density at radius 1 is 1.22 bits per heavy atom. The zero-order valence-corrected chi connectivity index (χ0v) is 14.0. The Labute approximate surface area is 137 Å². The third-order valence-electron chi connectivity index (χ3n) is 4.92. The van der Waals surface area contributed by atoms with Gasteiger partial charge in [-0.15, -0.1) is 0 Å². The van der Waals surface area contributed by atoms with Crippen LogP contribution in [0.3, 0.4) is 0 Å². The largest absolute Gasteiger partial charge is 0.497 e. The summed E-state index contributed by atoms with van der Waals surface area (Å²) < 4.78 is 10.8. The van der Waals surface area contributed by atoms with Gasteiger partial charge in [0.15, 0.2) is 0 Å². The van der Waals surface area contributed by atoms with Crippen LogP contribution in [-0.2, 0) is 11.3 Å². The van der Waals surface area contributed by atoms with Crippen molar-refractivity contribution in [2.45, 2.75) is 50.7 Å². The Balaban J connectivity index is 1.78. The van der Waals surface area contributed by atoms with Crippen LogP contribution in [0.25, 0.3) is 0 Å². The van der Waals surface area contributed by atoms with E-state index in [4.69, 9.17) is 15.2 Å². The molecule has 2 fully saturated rings. The van der Waals surface area contributed by atoms with E-state index >= 15 is 0 Å². The average Bonchev–Trinajstić information content (AvgIpc) is 3.32. The van der Waals surface area contributed by atoms with Crippen molar-refractivity contribution >= 4 is 5.91 Å². The molecule has 23 heavy (non-hydrogen) atoms. The molecule has 0 radical (unpaired) electrons. The van der Waals surface area contributed by atoms with Crippen molar-refractivity contribution in [3.8, 4) is 11.5 Å². The highest BCUT2D eigenvalue weighted by Crippen LogP contribution is 2.35. The van der Waals surface area contributed by atoms with E-state index in [1.807, 2.05) is 23.1 Å². The highest BCUT2D eigenvalue weighted by Gasteiger charge is 2.38. The van der Waals surface area contributed by atoms with Gasteiger partial charge >= 0.3 is 0 Å². The summed E-state index contributed by atoms with van der Waals surface area (Å²) in [5.41, 5.74) is 6.98. The fourth-order valence-corrected chi connectivity index (χ4v) is 3.44. The Kier molecular flexibility index (Phi) is 4.76. The molecule has 2 N–H and O–H groups in total. The average molecular weight is 318 g/mol. The fraction of sp³-hybridized carbons (Fsp3) is 0.611. The van der Waals surface area contributed by atoms with Crippen LogP contribution in [0.15, 0.2) is 18.2 Å². The van der Waals surface area contributed by atoms with Crippen LogP contribution < -0.4 is 15.2 Å². The van der Waals surface area contributed by atoms with Gasteiger partial charge in [-0.3, -0.25) is 4.79 Å². The van der Waals surface area contributed by atoms with Gasteiger partial charge in [0.2, 0.25) is 5.91 Å². The molecule has 2 atom stereocenters. The summed E-state index contributed by atoms with van der Waals surface area (Å²) in [5.74, 6) is 1.92. The van der Waals surface area contributed by atoms with Crippen LogP contribution in [0.2, 0.25) is 0 Å². The molecule has 2 saturated carbocycles. The standard InChI is InChI=1S/C18H26N2O3/c1-22-16-7-8-17(23-2)13(10-16)11-20(15-5-6-15)18(21)12-3-4-14(19)9-12/h7-8,10,12,14-15H,3-6,9,11,19H2,1-2H3/t12-,14-/m1/s1. The maximum Gasteiger partial charge on any atom is 0.226 e. The topological polar surface area (TPSA) is 64.8 Å². The first-order chi connectivity index (χ1) is 11.1. The number of amides is 1. The highest BCUT2D eigenvalue weighted by atomic mass is 16.5. The maximum atomic E-state index is 12.9. The molecular formula is C18H26N2O3. The van der Waals surface area contributed by atoms with E-state index in [0.717, 1.165) is 49.2 Å². The number of ether oxygens (including phenoxy) is 2. The lowest BCUT2D eigenvalue weighted by molar-refractivity contribution is -0.136. The van der Waals surface area contributed by atoms with Gasteiger partial charge in [0.25, 0.3) is 0 Å². The number of rotatable bonds is 6. The van der Waals surface area contributed by atoms with Crippen LogP contribution >= 0.6 is 0 Å². The van der Waals surface area contributed by atoms with Crippen molar-refractivity contribution < 1.29 is 14.3 Å². The maximum absolute atomic E-state index is 12.9. The van der Waals surface area contributed by atoms with Crippen LogP contribution in [0, 0.1) is 5.92 Å². The van der Waals surface area contributed by atoms with Gasteiger partial charge < -0.3 is 20.1 Å². The lowest BCUT2D eigenvalue weighted by atomic mass is 10.0. The second-order valence-corrected chi connectivity index (χ2v) is 6.65. The van der Waals surface area contributed by atoms with Gasteiger partial charge in [0.05, 0.1) is 14.2 Å². The number of methoxy groups -OCH3 is 2. The molecule has 1 aromatic rings. The molecular weight excluding hydrogens is 292 g/mol. The first-order valence-electron chi connectivity index (χ1n) is 8.39. The van der Waals surface area contributed by atoms with Crippen molar-refractivity contribution in [2.24, 2.45) is 11.7 Å². The number of benzene rings is 1. The molecule has 3 rings (SSSR count). The summed E-state index contributed by atoms with van der Waals surface area (Å²) >= 11 is 0. The molecule has 5 nitrogen and oxygen atoms in total. The second kappa shape index (κ2) is 6.79. The Morgan fingerprint density at radius 2 is 2.00 bits per heavy atom. The summed E-state index contributed by atoms with van der Waals surface area (Å²) in [6.07, 6.45) is 4.88. The van der Waals surface area contributed by atoms with Crippen molar-refractivity contribution in [1.82, 2.24) is 4.90 Å². The normalized spacial score (nSPS) is 23.6. The predicted molar refractivity (Wildman–Crippen MR) is 88.4 cm³/mol. The quantitative estimate of drug-likeness (QED) is 0.874. The van der Waals surface area contributed by atoms with E-state index in [9.17, 15) is 4.79 Å². The second-order valence-electron chi connectivity index (χ2n) is 6.65. The number of nitrogens with two attached hydrogens (primary N) is 1. The molecule has 1 amide bonds. The van der Waals surface area contributed by atoms with Crippen LogP contribution in [-0.4, -0.2) is 37.1 Å². The lowest BCUT2D eigenvalue weighted by Crippen LogP contribution is -2.37. The van der Waals surface area contributed by atoms with Gasteiger partial charge in [-0.1, -0.05) is 0 Å². The van der Waals surface area contributed by atoms with Crippen LogP contribution in [0.4, 0.5) is 0 Å². The Hall–Kier alpha value is -1.75. The monoisotopic (exact) mass is 318 g/mol. The van der Waals surface area contributed by atoms with Gasteiger partial charge in [-0.05, 0) is 50.3 Å². The van der Waals surface area contributed by atoms with E-state index in [1.165, 1.54) is 0 Å². The van der Waals surface area contributed by atoms with Gasteiger partial charge in [-0.2, -0.15) is 0 Å². The smallest absolute Gasteiger partial charge is 0.226 e. The van der Waals surface area contributed by atoms with E-state index in [1.54, 1.807) is 14.2 Å². The molecule has 0 saturated heterocycles. The van der Waals surface area contributed by atoms with Crippen molar-refractivity contribution in [1.29, 1.82) is 0 Å². The summed E-state index contributed by atoms with van der Waals surface area (Å²) in [5, 5.41) is 0. The first kappa shape index (κ1) is 16.1. The summed E-state index contributed by atoms with van der Waals surface area (Å²) in [4.78, 5) is 15.0.